The van der Waals surface area contributed by atoms with Crippen LogP contribution in [0.5, 0.6) is 0 Å². The van der Waals surface area contributed by atoms with Crippen LogP contribution in [0.3, 0.4) is 0 Å². The average molecular weight is 611 g/mol. The second-order valence-electron chi connectivity index (χ2n) is 11.9. The molecule has 48 heavy (non-hydrogen) atoms. The Morgan fingerprint density at radius 3 is 1.77 bits per heavy atom. The topological polar surface area (TPSA) is 57.4 Å². The first kappa shape index (κ1) is 27.4. The van der Waals surface area contributed by atoms with Gasteiger partial charge in [-0.15, -0.1) is 0 Å². The molecule has 0 aliphatic heterocycles. The van der Waals surface area contributed by atoms with Crippen LogP contribution in [0.2, 0.25) is 0 Å². The Kier molecular flexibility index (Phi) is 6.22. The number of nitrogens with zero attached hydrogens (tertiary/aromatic N) is 4. The summed E-state index contributed by atoms with van der Waals surface area (Å²) in [6, 6.07) is 58.9. The molecule has 0 radical (unpaired) electrons. The van der Waals surface area contributed by atoms with Gasteiger partial charge in [0.05, 0.1) is 51.0 Å². The Labute approximate surface area is 277 Å². The zero-order valence-corrected chi connectivity index (χ0v) is 25.8. The minimum absolute atomic E-state index is 0.480. The van der Waals surface area contributed by atoms with Crippen LogP contribution in [-0.4, -0.2) is 9.13 Å². The molecule has 2 heterocycles. The molecule has 0 N–H and O–H groups in total. The van der Waals surface area contributed by atoms with E-state index >= 15 is 0 Å². The van der Waals surface area contributed by atoms with Crippen molar-refractivity contribution in [2.75, 3.05) is 0 Å². The Hall–Kier alpha value is -6.88. The van der Waals surface area contributed by atoms with Gasteiger partial charge in [-0.2, -0.15) is 10.5 Å². The van der Waals surface area contributed by atoms with Gasteiger partial charge in [-0.25, -0.2) is 0 Å². The quantitative estimate of drug-likeness (QED) is 0.199. The van der Waals surface area contributed by atoms with E-state index in [0.29, 0.717) is 16.7 Å². The lowest BCUT2D eigenvalue weighted by molar-refractivity contribution is 1.17. The van der Waals surface area contributed by atoms with Crippen molar-refractivity contribution in [3.63, 3.8) is 0 Å². The predicted molar refractivity (Wildman–Crippen MR) is 195 cm³/mol. The van der Waals surface area contributed by atoms with Gasteiger partial charge in [-0.3, -0.25) is 0 Å². The number of nitriles is 2. The Bertz CT molecular complexity index is 2760. The molecule has 4 heteroatoms. The number of aromatic nitrogens is 2. The van der Waals surface area contributed by atoms with Gasteiger partial charge in [0.2, 0.25) is 0 Å². The van der Waals surface area contributed by atoms with E-state index in [1.807, 2.05) is 24.3 Å². The molecule has 9 aromatic rings. The van der Waals surface area contributed by atoms with Crippen LogP contribution in [0.25, 0.3) is 77.2 Å². The van der Waals surface area contributed by atoms with E-state index in [-0.39, 0.29) is 0 Å². The van der Waals surface area contributed by atoms with Crippen LogP contribution in [0.15, 0.2) is 158 Å². The zero-order chi connectivity index (χ0) is 32.2. The highest BCUT2D eigenvalue weighted by molar-refractivity contribution is 6.26. The summed E-state index contributed by atoms with van der Waals surface area (Å²) >= 11 is 0. The van der Waals surface area contributed by atoms with Gasteiger partial charge < -0.3 is 9.13 Å². The lowest BCUT2D eigenvalue weighted by Gasteiger charge is -2.17. The second-order valence-corrected chi connectivity index (χ2v) is 11.9. The maximum Gasteiger partial charge on any atom is 0.0998 e. The third-order valence-corrected chi connectivity index (χ3v) is 9.40. The molecule has 2 aromatic heterocycles. The van der Waals surface area contributed by atoms with Crippen LogP contribution in [0.1, 0.15) is 11.1 Å². The number of hydrogen-bond acceptors (Lipinski definition) is 2. The molecule has 0 unspecified atom stereocenters. The molecule has 7 aromatic carbocycles. The fraction of sp³-hybridized carbons (Fsp3) is 0. The monoisotopic (exact) mass is 610 g/mol. The maximum atomic E-state index is 10.0. The Balaban J connectivity index is 1.42. The summed E-state index contributed by atoms with van der Waals surface area (Å²) in [7, 11) is 0. The number of rotatable bonds is 4. The van der Waals surface area contributed by atoms with E-state index in [4.69, 9.17) is 0 Å². The largest absolute Gasteiger partial charge is 0.309 e. The zero-order valence-electron chi connectivity index (χ0n) is 25.8. The van der Waals surface area contributed by atoms with E-state index in [9.17, 15) is 10.5 Å². The molecule has 222 valence electrons. The van der Waals surface area contributed by atoms with Crippen LogP contribution >= 0.6 is 0 Å². The highest BCUT2D eigenvalue weighted by Gasteiger charge is 2.22. The van der Waals surface area contributed by atoms with Gasteiger partial charge in [0.15, 0.2) is 0 Å². The molecule has 0 aliphatic carbocycles. The number of benzene rings is 7. The van der Waals surface area contributed by atoms with Crippen LogP contribution < -0.4 is 0 Å². The summed E-state index contributed by atoms with van der Waals surface area (Å²) in [5, 5.41) is 24.8. The molecule has 0 spiro atoms. The normalized spacial score (nSPS) is 11.3. The molecule has 0 bridgehead atoms. The molecule has 4 nitrogen and oxygen atoms in total. The molecule has 0 aliphatic rings. The highest BCUT2D eigenvalue weighted by Crippen LogP contribution is 2.44. The van der Waals surface area contributed by atoms with E-state index in [0.717, 1.165) is 39.1 Å². The fourth-order valence-corrected chi connectivity index (χ4v) is 7.40. The lowest BCUT2D eigenvalue weighted by atomic mass is 9.92. The Morgan fingerprint density at radius 1 is 0.438 bits per heavy atom. The van der Waals surface area contributed by atoms with E-state index in [2.05, 4.69) is 137 Å². The molecule has 0 saturated heterocycles. The predicted octanol–water partition coefficient (Wildman–Crippen LogP) is 11.0. The SMILES string of the molecule is N#Cc1cccc(C#N)c1-c1ccc(-n2c3ccccc3c3c2ccc2c4ccccc4n(-c4ccccc4)c23)c(-c2ccccc2)c1. The van der Waals surface area contributed by atoms with Crippen molar-refractivity contribution in [3.8, 4) is 45.8 Å². The third-order valence-electron chi connectivity index (χ3n) is 9.40. The summed E-state index contributed by atoms with van der Waals surface area (Å²) in [6.45, 7) is 0. The molecule has 0 amide bonds. The van der Waals surface area contributed by atoms with Crippen molar-refractivity contribution in [2.45, 2.75) is 0 Å². The van der Waals surface area contributed by atoms with Crippen molar-refractivity contribution < 1.29 is 0 Å². The molecule has 9 rings (SSSR count). The molecule has 0 saturated carbocycles. The van der Waals surface area contributed by atoms with Crippen LogP contribution in [0, 0.1) is 22.7 Å². The smallest absolute Gasteiger partial charge is 0.0998 e. The average Bonchev–Trinajstić information content (AvgIpc) is 3.68. The Morgan fingerprint density at radius 2 is 1.06 bits per heavy atom. The molecular weight excluding hydrogens is 585 g/mol. The molecular formula is C44H26N4. The summed E-state index contributed by atoms with van der Waals surface area (Å²) < 4.78 is 4.76. The third kappa shape index (κ3) is 4.01. The van der Waals surface area contributed by atoms with Crippen LogP contribution in [-0.2, 0) is 0 Å². The highest BCUT2D eigenvalue weighted by atomic mass is 15.0. The minimum Gasteiger partial charge on any atom is -0.309 e. The summed E-state index contributed by atoms with van der Waals surface area (Å²) in [4.78, 5) is 0. The van der Waals surface area contributed by atoms with Crippen molar-refractivity contribution in [2.24, 2.45) is 0 Å². The second kappa shape index (κ2) is 10.9. The van der Waals surface area contributed by atoms with Gasteiger partial charge >= 0.3 is 0 Å². The van der Waals surface area contributed by atoms with E-state index in [1.54, 1.807) is 18.2 Å². The van der Waals surface area contributed by atoms with Crippen molar-refractivity contribution in [3.05, 3.63) is 169 Å². The van der Waals surface area contributed by atoms with Crippen LogP contribution in [0.4, 0.5) is 0 Å². The molecule has 0 atom stereocenters. The summed E-state index contributed by atoms with van der Waals surface area (Å²) in [6.07, 6.45) is 0. The summed E-state index contributed by atoms with van der Waals surface area (Å²) in [5.41, 5.74) is 11.2. The van der Waals surface area contributed by atoms with Gasteiger partial charge in [0.25, 0.3) is 0 Å². The number of hydrogen-bond donors (Lipinski definition) is 0. The van der Waals surface area contributed by atoms with E-state index < -0.39 is 0 Å². The summed E-state index contributed by atoms with van der Waals surface area (Å²) in [5.74, 6) is 0. The first-order valence-corrected chi connectivity index (χ1v) is 15.9. The first-order chi connectivity index (χ1) is 23.8. The van der Waals surface area contributed by atoms with Gasteiger partial charge in [0.1, 0.15) is 0 Å². The fourth-order valence-electron chi connectivity index (χ4n) is 7.40. The standard InChI is InChI=1S/C44H26N4/c45-27-31-14-11-15-32(28-46)42(31)30-22-24-40(37(26-30)29-12-3-1-4-13-29)48-39-21-10-8-19-36(39)43-41(48)25-23-35-34-18-7-9-20-38(34)47(44(35)43)33-16-5-2-6-17-33/h1-26H. The first-order valence-electron chi connectivity index (χ1n) is 15.9. The van der Waals surface area contributed by atoms with Gasteiger partial charge in [0, 0.05) is 38.4 Å². The van der Waals surface area contributed by atoms with Crippen molar-refractivity contribution in [1.29, 1.82) is 10.5 Å². The van der Waals surface area contributed by atoms with E-state index in [1.165, 1.54) is 32.6 Å². The van der Waals surface area contributed by atoms with Gasteiger partial charge in [-0.1, -0.05) is 103 Å². The number of para-hydroxylation sites is 3. The number of fused-ring (bicyclic) bond motifs is 7. The maximum absolute atomic E-state index is 10.0. The van der Waals surface area contributed by atoms with Crippen molar-refractivity contribution in [1.82, 2.24) is 9.13 Å². The lowest BCUT2D eigenvalue weighted by Crippen LogP contribution is -1.99. The molecule has 0 fully saturated rings. The van der Waals surface area contributed by atoms with Gasteiger partial charge in [-0.05, 0) is 65.7 Å². The minimum atomic E-state index is 0.480. The van der Waals surface area contributed by atoms with Crippen molar-refractivity contribution >= 4 is 43.6 Å².